The summed E-state index contributed by atoms with van der Waals surface area (Å²) in [6.07, 6.45) is 0.979. The van der Waals surface area contributed by atoms with Crippen LogP contribution < -0.4 is 10.6 Å². The largest absolute Gasteiger partial charge is 0.379 e. The maximum atomic E-state index is 11.5. The smallest absolute Gasteiger partial charge is 0.315 e. The Bertz CT molecular complexity index is 364. The van der Waals surface area contributed by atoms with Crippen molar-refractivity contribution < 1.29 is 9.53 Å². The molecule has 0 bridgehead atoms. The zero-order chi connectivity index (χ0) is 13.3. The van der Waals surface area contributed by atoms with Crippen LogP contribution in [0.15, 0.2) is 17.5 Å². The lowest BCUT2D eigenvalue weighted by Crippen LogP contribution is -2.39. The lowest BCUT2D eigenvalue weighted by Gasteiger charge is -2.26. The molecule has 1 aromatic heterocycles. The molecular weight excluding hydrogens is 262 g/mol. The zero-order valence-electron chi connectivity index (χ0n) is 11.1. The quantitative estimate of drug-likeness (QED) is 0.773. The Morgan fingerprint density at radius 3 is 2.95 bits per heavy atom. The molecule has 0 radical (unpaired) electrons. The van der Waals surface area contributed by atoms with Crippen LogP contribution in [-0.2, 0) is 11.3 Å². The fourth-order valence-electron chi connectivity index (χ4n) is 1.97. The van der Waals surface area contributed by atoms with E-state index in [0.717, 1.165) is 39.3 Å². The Morgan fingerprint density at radius 1 is 1.37 bits per heavy atom. The van der Waals surface area contributed by atoms with Gasteiger partial charge in [0, 0.05) is 24.5 Å². The van der Waals surface area contributed by atoms with Gasteiger partial charge < -0.3 is 15.4 Å². The van der Waals surface area contributed by atoms with Gasteiger partial charge in [-0.3, -0.25) is 4.90 Å². The van der Waals surface area contributed by atoms with E-state index in [2.05, 4.69) is 15.5 Å². The summed E-state index contributed by atoms with van der Waals surface area (Å²) >= 11 is 1.65. The third-order valence-corrected chi connectivity index (χ3v) is 3.92. The van der Waals surface area contributed by atoms with Crippen LogP contribution in [0.5, 0.6) is 0 Å². The van der Waals surface area contributed by atoms with Gasteiger partial charge in [0.05, 0.1) is 19.8 Å². The molecule has 2 rings (SSSR count). The number of morpholine rings is 1. The third kappa shape index (κ3) is 5.59. The van der Waals surface area contributed by atoms with E-state index in [1.165, 1.54) is 4.88 Å². The Kier molecular flexibility index (Phi) is 6.13. The first kappa shape index (κ1) is 14.3. The Hall–Kier alpha value is -1.11. The van der Waals surface area contributed by atoms with Crippen LogP contribution in [-0.4, -0.2) is 50.3 Å². The molecule has 106 valence electrons. The maximum Gasteiger partial charge on any atom is 0.315 e. The normalized spacial score (nSPS) is 16.2. The Balaban J connectivity index is 1.49. The van der Waals surface area contributed by atoms with E-state index in [9.17, 15) is 4.79 Å². The molecule has 19 heavy (non-hydrogen) atoms. The molecule has 2 heterocycles. The standard InChI is InChI=1S/C13H21N3O2S/c17-13(15-11-12-3-1-10-19-12)14-4-2-5-16-6-8-18-9-7-16/h1,3,10H,2,4-9,11H2,(H2,14,15,17). The highest BCUT2D eigenvalue weighted by molar-refractivity contribution is 7.09. The van der Waals surface area contributed by atoms with E-state index in [-0.39, 0.29) is 6.03 Å². The zero-order valence-corrected chi connectivity index (χ0v) is 11.9. The van der Waals surface area contributed by atoms with Crippen molar-refractivity contribution in [2.75, 3.05) is 39.4 Å². The van der Waals surface area contributed by atoms with Crippen LogP contribution in [0, 0.1) is 0 Å². The molecule has 1 fully saturated rings. The van der Waals surface area contributed by atoms with Gasteiger partial charge >= 0.3 is 6.03 Å². The van der Waals surface area contributed by atoms with Crippen LogP contribution in [0.25, 0.3) is 0 Å². The number of amides is 2. The summed E-state index contributed by atoms with van der Waals surface area (Å²) in [5.74, 6) is 0. The van der Waals surface area contributed by atoms with Gasteiger partial charge in [-0.05, 0) is 24.4 Å². The summed E-state index contributed by atoms with van der Waals surface area (Å²) in [7, 11) is 0. The molecule has 1 aliphatic rings. The van der Waals surface area contributed by atoms with Crippen LogP contribution in [0.2, 0.25) is 0 Å². The minimum atomic E-state index is -0.0876. The molecule has 1 aromatic rings. The average Bonchev–Trinajstić information content (AvgIpc) is 2.96. The summed E-state index contributed by atoms with van der Waals surface area (Å²) in [6.45, 7) is 6.01. The van der Waals surface area contributed by atoms with Crippen molar-refractivity contribution in [1.29, 1.82) is 0 Å². The van der Waals surface area contributed by atoms with Gasteiger partial charge in [0.15, 0.2) is 0 Å². The summed E-state index contributed by atoms with van der Waals surface area (Å²) in [6, 6.07) is 3.92. The first-order chi connectivity index (χ1) is 9.34. The fraction of sp³-hybridized carbons (Fsp3) is 0.615. The van der Waals surface area contributed by atoms with Crippen molar-refractivity contribution in [2.45, 2.75) is 13.0 Å². The topological polar surface area (TPSA) is 53.6 Å². The highest BCUT2D eigenvalue weighted by atomic mass is 32.1. The second kappa shape index (κ2) is 8.14. The van der Waals surface area contributed by atoms with E-state index in [0.29, 0.717) is 13.1 Å². The molecule has 0 aliphatic carbocycles. The highest BCUT2D eigenvalue weighted by Crippen LogP contribution is 2.06. The van der Waals surface area contributed by atoms with Gasteiger partial charge in [-0.25, -0.2) is 4.79 Å². The van der Waals surface area contributed by atoms with Crippen LogP contribution >= 0.6 is 11.3 Å². The van der Waals surface area contributed by atoms with Crippen molar-refractivity contribution in [2.24, 2.45) is 0 Å². The van der Waals surface area contributed by atoms with Gasteiger partial charge in [-0.1, -0.05) is 6.07 Å². The number of thiophene rings is 1. The number of nitrogens with one attached hydrogen (secondary N) is 2. The van der Waals surface area contributed by atoms with E-state index < -0.39 is 0 Å². The van der Waals surface area contributed by atoms with E-state index in [1.54, 1.807) is 11.3 Å². The number of hydrogen-bond acceptors (Lipinski definition) is 4. The van der Waals surface area contributed by atoms with Gasteiger partial charge in [0.2, 0.25) is 0 Å². The van der Waals surface area contributed by atoms with Crippen LogP contribution in [0.1, 0.15) is 11.3 Å². The third-order valence-electron chi connectivity index (χ3n) is 3.04. The Morgan fingerprint density at radius 2 is 2.21 bits per heavy atom. The van der Waals surface area contributed by atoms with Crippen molar-refractivity contribution >= 4 is 17.4 Å². The van der Waals surface area contributed by atoms with Crippen molar-refractivity contribution in [1.82, 2.24) is 15.5 Å². The van der Waals surface area contributed by atoms with Crippen LogP contribution in [0.3, 0.4) is 0 Å². The molecule has 0 atom stereocenters. The average molecular weight is 283 g/mol. The van der Waals surface area contributed by atoms with Crippen molar-refractivity contribution in [3.05, 3.63) is 22.4 Å². The molecule has 2 amide bonds. The molecule has 1 aliphatic heterocycles. The van der Waals surface area contributed by atoms with Crippen molar-refractivity contribution in [3.63, 3.8) is 0 Å². The first-order valence-electron chi connectivity index (χ1n) is 6.69. The first-order valence-corrected chi connectivity index (χ1v) is 7.57. The molecule has 0 spiro atoms. The number of ether oxygens (including phenoxy) is 1. The van der Waals surface area contributed by atoms with Gasteiger partial charge in [0.1, 0.15) is 0 Å². The Labute approximate surface area is 117 Å². The minimum absolute atomic E-state index is 0.0876. The number of nitrogens with zero attached hydrogens (tertiary/aromatic N) is 1. The molecule has 2 N–H and O–H groups in total. The number of urea groups is 1. The van der Waals surface area contributed by atoms with Crippen LogP contribution in [0.4, 0.5) is 4.79 Å². The summed E-state index contributed by atoms with van der Waals surface area (Å²) in [5.41, 5.74) is 0. The number of rotatable bonds is 6. The molecule has 0 saturated carbocycles. The summed E-state index contributed by atoms with van der Waals surface area (Å²) in [5, 5.41) is 7.74. The summed E-state index contributed by atoms with van der Waals surface area (Å²) in [4.78, 5) is 15.1. The second-order valence-electron chi connectivity index (χ2n) is 4.50. The molecule has 0 aromatic carbocycles. The van der Waals surface area contributed by atoms with Crippen molar-refractivity contribution in [3.8, 4) is 0 Å². The van der Waals surface area contributed by atoms with E-state index >= 15 is 0 Å². The number of carbonyl (C=O) groups is 1. The number of carbonyl (C=O) groups excluding carboxylic acids is 1. The van der Waals surface area contributed by atoms with Gasteiger partial charge in [0.25, 0.3) is 0 Å². The molecule has 1 saturated heterocycles. The SMILES string of the molecule is O=C(NCCCN1CCOCC1)NCc1cccs1. The lowest BCUT2D eigenvalue weighted by molar-refractivity contribution is 0.0375. The van der Waals surface area contributed by atoms with Gasteiger partial charge in [-0.2, -0.15) is 0 Å². The predicted octanol–water partition coefficient (Wildman–Crippen LogP) is 1.27. The molecule has 6 heteroatoms. The summed E-state index contributed by atoms with van der Waals surface area (Å²) < 4.78 is 5.29. The second-order valence-corrected chi connectivity index (χ2v) is 5.53. The highest BCUT2D eigenvalue weighted by Gasteiger charge is 2.09. The lowest BCUT2D eigenvalue weighted by atomic mass is 10.3. The predicted molar refractivity (Wildman–Crippen MR) is 76.4 cm³/mol. The molecular formula is C13H21N3O2S. The van der Waals surface area contributed by atoms with Gasteiger partial charge in [-0.15, -0.1) is 11.3 Å². The number of hydrogen-bond donors (Lipinski definition) is 2. The monoisotopic (exact) mass is 283 g/mol. The maximum absolute atomic E-state index is 11.5. The molecule has 5 nitrogen and oxygen atoms in total. The fourth-order valence-corrected chi connectivity index (χ4v) is 2.62. The van der Waals surface area contributed by atoms with E-state index in [1.807, 2.05) is 17.5 Å². The molecule has 0 unspecified atom stereocenters. The van der Waals surface area contributed by atoms with E-state index in [4.69, 9.17) is 4.74 Å². The minimum Gasteiger partial charge on any atom is -0.379 e.